The van der Waals surface area contributed by atoms with Crippen molar-refractivity contribution in [1.82, 2.24) is 0 Å². The minimum absolute atomic E-state index is 0.291. The second-order valence-corrected chi connectivity index (χ2v) is 5.41. The van der Waals surface area contributed by atoms with Gasteiger partial charge in [0.25, 0.3) is 0 Å². The molecule has 0 spiro atoms. The van der Waals surface area contributed by atoms with Crippen LogP contribution < -0.4 is 0 Å². The van der Waals surface area contributed by atoms with E-state index in [0.717, 1.165) is 22.1 Å². The lowest BCUT2D eigenvalue weighted by molar-refractivity contribution is 0.0505. The summed E-state index contributed by atoms with van der Waals surface area (Å²) in [6.07, 6.45) is 2.61. The van der Waals surface area contributed by atoms with Crippen LogP contribution in [0, 0.1) is 0 Å². The average Bonchev–Trinajstić information content (AvgIpc) is 2.52. The lowest BCUT2D eigenvalue weighted by Gasteiger charge is -2.03. The van der Waals surface area contributed by atoms with E-state index >= 15 is 0 Å². The second kappa shape index (κ2) is 7.74. The van der Waals surface area contributed by atoms with Crippen molar-refractivity contribution in [3.05, 3.63) is 64.1 Å². The van der Waals surface area contributed by atoms with Gasteiger partial charge in [-0.15, -0.1) is 0 Å². The van der Waals surface area contributed by atoms with Crippen molar-refractivity contribution < 1.29 is 9.53 Å². The minimum Gasteiger partial charge on any atom is -0.462 e. The summed E-state index contributed by atoms with van der Waals surface area (Å²) in [5.74, 6) is -0.291. The molecule has 0 saturated heterocycles. The molecule has 0 N–H and O–H groups in total. The molecule has 0 aliphatic carbocycles. The number of aliphatic imine (C=N–C) groups is 1. The van der Waals surface area contributed by atoms with Crippen molar-refractivity contribution in [3.63, 3.8) is 0 Å². The molecule has 0 fully saturated rings. The maximum Gasteiger partial charge on any atom is 0.338 e. The number of ether oxygens (including phenoxy) is 1. The summed E-state index contributed by atoms with van der Waals surface area (Å²) in [7, 11) is 0. The first-order valence-electron chi connectivity index (χ1n) is 6.76. The van der Waals surface area contributed by atoms with Crippen molar-refractivity contribution in [2.24, 2.45) is 4.99 Å². The van der Waals surface area contributed by atoms with Crippen LogP contribution in [0.4, 0.5) is 5.69 Å². The van der Waals surface area contributed by atoms with E-state index in [4.69, 9.17) is 4.74 Å². The highest BCUT2D eigenvalue weighted by Gasteiger charge is 2.05. The molecular weight excluding hydrogens is 330 g/mol. The van der Waals surface area contributed by atoms with Crippen LogP contribution in [0.3, 0.4) is 0 Å². The largest absolute Gasteiger partial charge is 0.462 e. The van der Waals surface area contributed by atoms with Crippen LogP contribution in [0.15, 0.2) is 58.0 Å². The van der Waals surface area contributed by atoms with Crippen LogP contribution in [0.25, 0.3) is 0 Å². The quantitative estimate of drug-likeness (QED) is 0.578. The Balaban J connectivity index is 2.02. The van der Waals surface area contributed by atoms with E-state index in [-0.39, 0.29) is 5.97 Å². The van der Waals surface area contributed by atoms with Crippen LogP contribution >= 0.6 is 15.9 Å². The van der Waals surface area contributed by atoms with Gasteiger partial charge in [-0.25, -0.2) is 4.79 Å². The second-order valence-electron chi connectivity index (χ2n) is 4.49. The van der Waals surface area contributed by atoms with E-state index < -0.39 is 0 Å². The summed E-state index contributed by atoms with van der Waals surface area (Å²) >= 11 is 3.39. The number of esters is 1. The highest BCUT2D eigenvalue weighted by Crippen LogP contribution is 2.15. The molecule has 0 amide bonds. The zero-order chi connectivity index (χ0) is 15.1. The zero-order valence-electron chi connectivity index (χ0n) is 11.8. The number of benzene rings is 2. The Morgan fingerprint density at radius 3 is 2.43 bits per heavy atom. The van der Waals surface area contributed by atoms with Gasteiger partial charge in [0.05, 0.1) is 17.9 Å². The lowest BCUT2D eigenvalue weighted by Crippen LogP contribution is -2.05. The SMILES string of the molecule is CCCOC(=O)c1ccc(N=Cc2ccc(Br)cc2)cc1. The Bertz CT molecular complexity index is 618. The molecule has 0 aliphatic rings. The van der Waals surface area contributed by atoms with Gasteiger partial charge < -0.3 is 4.74 Å². The van der Waals surface area contributed by atoms with Gasteiger partial charge in [-0.1, -0.05) is 35.0 Å². The highest BCUT2D eigenvalue weighted by atomic mass is 79.9. The fourth-order valence-corrected chi connectivity index (χ4v) is 1.92. The van der Waals surface area contributed by atoms with Crippen LogP contribution in [0.1, 0.15) is 29.3 Å². The summed E-state index contributed by atoms with van der Waals surface area (Å²) in [5.41, 5.74) is 2.36. The van der Waals surface area contributed by atoms with Crippen molar-refractivity contribution in [3.8, 4) is 0 Å². The molecule has 2 aromatic carbocycles. The normalized spacial score (nSPS) is 10.8. The summed E-state index contributed by atoms with van der Waals surface area (Å²) in [4.78, 5) is 16.0. The molecule has 0 radical (unpaired) electrons. The predicted octanol–water partition coefficient (Wildman–Crippen LogP) is 4.77. The van der Waals surface area contributed by atoms with E-state index in [0.29, 0.717) is 12.2 Å². The third-order valence-corrected chi connectivity index (χ3v) is 3.30. The number of carbonyl (C=O) groups excluding carboxylic acids is 1. The minimum atomic E-state index is -0.291. The molecule has 0 bridgehead atoms. The summed E-state index contributed by atoms with van der Waals surface area (Å²) in [5, 5.41) is 0. The van der Waals surface area contributed by atoms with E-state index in [9.17, 15) is 4.79 Å². The Hall–Kier alpha value is -1.94. The smallest absolute Gasteiger partial charge is 0.338 e. The van der Waals surface area contributed by atoms with Gasteiger partial charge in [0, 0.05) is 10.7 Å². The average molecular weight is 346 g/mol. The fourth-order valence-electron chi connectivity index (χ4n) is 1.66. The molecule has 0 saturated carbocycles. The Morgan fingerprint density at radius 1 is 1.14 bits per heavy atom. The number of hydrogen-bond acceptors (Lipinski definition) is 3. The van der Waals surface area contributed by atoms with Crippen LogP contribution in [0.5, 0.6) is 0 Å². The maximum absolute atomic E-state index is 11.7. The number of hydrogen-bond donors (Lipinski definition) is 0. The van der Waals surface area contributed by atoms with E-state index in [1.165, 1.54) is 0 Å². The zero-order valence-corrected chi connectivity index (χ0v) is 13.3. The van der Waals surface area contributed by atoms with Gasteiger partial charge in [-0.05, 0) is 48.4 Å². The van der Waals surface area contributed by atoms with Crippen molar-refractivity contribution in [2.75, 3.05) is 6.61 Å². The third kappa shape index (κ3) is 4.83. The number of nitrogens with zero attached hydrogens (tertiary/aromatic N) is 1. The Morgan fingerprint density at radius 2 is 1.81 bits per heavy atom. The molecule has 3 nitrogen and oxygen atoms in total. The van der Waals surface area contributed by atoms with Gasteiger partial charge in [0.2, 0.25) is 0 Å². The van der Waals surface area contributed by atoms with Crippen molar-refractivity contribution in [1.29, 1.82) is 0 Å². The van der Waals surface area contributed by atoms with E-state index in [1.54, 1.807) is 30.5 Å². The number of carbonyl (C=O) groups is 1. The Labute approximate surface area is 132 Å². The van der Waals surface area contributed by atoms with Crippen LogP contribution in [-0.4, -0.2) is 18.8 Å². The standard InChI is InChI=1S/C17H16BrNO2/c1-2-11-21-17(20)14-5-9-16(10-6-14)19-12-13-3-7-15(18)8-4-13/h3-10,12H,2,11H2,1H3. The molecular formula is C17H16BrNO2. The molecule has 21 heavy (non-hydrogen) atoms. The monoisotopic (exact) mass is 345 g/mol. The van der Waals surface area contributed by atoms with Crippen LogP contribution in [-0.2, 0) is 4.74 Å². The van der Waals surface area contributed by atoms with Crippen molar-refractivity contribution >= 4 is 33.8 Å². The Kier molecular flexibility index (Phi) is 5.69. The summed E-state index contributed by atoms with van der Waals surface area (Å²) < 4.78 is 6.11. The molecule has 0 unspecified atom stereocenters. The van der Waals surface area contributed by atoms with Crippen molar-refractivity contribution in [2.45, 2.75) is 13.3 Å². The number of halogens is 1. The lowest BCUT2D eigenvalue weighted by atomic mass is 10.2. The first kappa shape index (κ1) is 15.4. The van der Waals surface area contributed by atoms with E-state index in [2.05, 4.69) is 20.9 Å². The van der Waals surface area contributed by atoms with Gasteiger partial charge in [-0.2, -0.15) is 0 Å². The third-order valence-electron chi connectivity index (χ3n) is 2.77. The van der Waals surface area contributed by atoms with Crippen LogP contribution in [0.2, 0.25) is 0 Å². The molecule has 0 heterocycles. The van der Waals surface area contributed by atoms with Gasteiger partial charge in [-0.3, -0.25) is 4.99 Å². The number of rotatable bonds is 5. The molecule has 2 aromatic rings. The molecule has 108 valence electrons. The molecule has 0 aliphatic heterocycles. The highest BCUT2D eigenvalue weighted by molar-refractivity contribution is 9.10. The summed E-state index contributed by atoms with van der Waals surface area (Å²) in [6.45, 7) is 2.41. The maximum atomic E-state index is 11.7. The van der Waals surface area contributed by atoms with Gasteiger partial charge in [0.15, 0.2) is 0 Å². The molecule has 4 heteroatoms. The molecule has 0 aromatic heterocycles. The summed E-state index contributed by atoms with van der Waals surface area (Å²) in [6, 6.07) is 14.9. The topological polar surface area (TPSA) is 38.7 Å². The predicted molar refractivity (Wildman–Crippen MR) is 88.4 cm³/mol. The fraction of sp³-hybridized carbons (Fsp3) is 0.176. The molecule has 2 rings (SSSR count). The first-order chi connectivity index (χ1) is 10.2. The molecule has 0 atom stereocenters. The van der Waals surface area contributed by atoms with E-state index in [1.807, 2.05) is 31.2 Å². The first-order valence-corrected chi connectivity index (χ1v) is 7.55. The van der Waals surface area contributed by atoms with Gasteiger partial charge in [0.1, 0.15) is 0 Å². The van der Waals surface area contributed by atoms with Gasteiger partial charge >= 0.3 is 5.97 Å².